The third-order valence-electron chi connectivity index (χ3n) is 4.12. The van der Waals surface area contributed by atoms with Gasteiger partial charge < -0.3 is 9.84 Å². The number of ether oxygens (including phenoxy) is 1. The number of nitro benzene ring substituents is 1. The molecule has 0 fully saturated rings. The highest BCUT2D eigenvalue weighted by molar-refractivity contribution is 5.99. The summed E-state index contributed by atoms with van der Waals surface area (Å²) >= 11 is 0. The van der Waals surface area contributed by atoms with Crippen molar-refractivity contribution < 1.29 is 24.4 Å². The van der Waals surface area contributed by atoms with Crippen LogP contribution in [0.5, 0.6) is 0 Å². The Labute approximate surface area is 147 Å². The number of hydrogen-bond acceptors (Lipinski definition) is 7. The van der Waals surface area contributed by atoms with Gasteiger partial charge in [0.05, 0.1) is 45.8 Å². The number of nitrogens with zero attached hydrogens (tertiary/aromatic N) is 3. The number of hydrogen-bond donors (Lipinski definition) is 1. The molecule has 136 valence electrons. The van der Waals surface area contributed by atoms with Crippen LogP contribution in [0.1, 0.15) is 25.3 Å². The first-order chi connectivity index (χ1) is 12.2. The summed E-state index contributed by atoms with van der Waals surface area (Å²) in [5, 5.41) is 24.3. The highest BCUT2D eigenvalue weighted by Crippen LogP contribution is 2.43. The van der Waals surface area contributed by atoms with E-state index in [1.165, 1.54) is 38.1 Å². The maximum Gasteiger partial charge on any atom is 0.336 e. The SMILES string of the molecule is COC(=O)C1=C(C)N(N=O)C(C)=C(C(=O)O)C1c1cccc([N+](=O)[O-])c1. The van der Waals surface area contributed by atoms with Crippen LogP contribution in [0.25, 0.3) is 0 Å². The molecule has 0 spiro atoms. The molecule has 0 amide bonds. The lowest BCUT2D eigenvalue weighted by Crippen LogP contribution is -2.32. The number of carbonyl (C=O) groups excluding carboxylic acids is 1. The molecule has 1 unspecified atom stereocenters. The second-order valence-corrected chi connectivity index (χ2v) is 5.47. The topological polar surface area (TPSA) is 139 Å². The number of aliphatic carboxylic acids is 1. The number of nitro groups is 1. The van der Waals surface area contributed by atoms with Crippen LogP contribution in [0.3, 0.4) is 0 Å². The number of allylic oxidation sites excluding steroid dienone is 2. The van der Waals surface area contributed by atoms with Crippen molar-refractivity contribution in [3.8, 4) is 0 Å². The van der Waals surface area contributed by atoms with Crippen LogP contribution >= 0.6 is 0 Å². The number of methoxy groups -OCH3 is 1. The summed E-state index contributed by atoms with van der Waals surface area (Å²) in [6.45, 7) is 2.78. The molecule has 1 aromatic carbocycles. The predicted octanol–water partition coefficient (Wildman–Crippen LogP) is 2.48. The van der Waals surface area contributed by atoms with E-state index in [9.17, 15) is 29.7 Å². The average Bonchev–Trinajstić information content (AvgIpc) is 2.60. The highest BCUT2D eigenvalue weighted by atomic mass is 16.6. The zero-order chi connectivity index (χ0) is 19.6. The molecule has 2 rings (SSSR count). The van der Waals surface area contributed by atoms with Crippen molar-refractivity contribution in [3.63, 3.8) is 0 Å². The van der Waals surface area contributed by atoms with Gasteiger partial charge in [-0.25, -0.2) is 14.6 Å². The number of benzene rings is 1. The van der Waals surface area contributed by atoms with E-state index in [1.807, 2.05) is 0 Å². The molecule has 1 N–H and O–H groups in total. The van der Waals surface area contributed by atoms with Crippen molar-refractivity contribution in [2.24, 2.45) is 5.29 Å². The monoisotopic (exact) mass is 361 g/mol. The summed E-state index contributed by atoms with van der Waals surface area (Å²) in [5.74, 6) is -3.40. The minimum Gasteiger partial charge on any atom is -0.478 e. The van der Waals surface area contributed by atoms with Gasteiger partial charge in [-0.2, -0.15) is 0 Å². The molecule has 0 bridgehead atoms. The number of non-ortho nitro benzene ring substituents is 1. The van der Waals surface area contributed by atoms with Crippen LogP contribution in [-0.4, -0.2) is 34.1 Å². The van der Waals surface area contributed by atoms with Gasteiger partial charge in [-0.05, 0) is 19.4 Å². The lowest BCUT2D eigenvalue weighted by Gasteiger charge is -2.32. The fourth-order valence-corrected chi connectivity index (χ4v) is 2.97. The largest absolute Gasteiger partial charge is 0.478 e. The van der Waals surface area contributed by atoms with Crippen molar-refractivity contribution in [3.05, 3.63) is 67.4 Å². The van der Waals surface area contributed by atoms with Crippen molar-refractivity contribution in [1.82, 2.24) is 5.01 Å². The first-order valence-electron chi connectivity index (χ1n) is 7.35. The molecule has 1 aliphatic rings. The fourth-order valence-electron chi connectivity index (χ4n) is 2.97. The Kier molecular flexibility index (Phi) is 5.15. The molecule has 0 saturated carbocycles. The van der Waals surface area contributed by atoms with E-state index in [1.54, 1.807) is 0 Å². The van der Waals surface area contributed by atoms with Crippen LogP contribution in [-0.2, 0) is 14.3 Å². The van der Waals surface area contributed by atoms with Crippen molar-refractivity contribution in [2.45, 2.75) is 19.8 Å². The number of nitroso groups, excluding NO2 is 1. The van der Waals surface area contributed by atoms with Gasteiger partial charge in [-0.3, -0.25) is 10.1 Å². The summed E-state index contributed by atoms with van der Waals surface area (Å²) in [6, 6.07) is 5.28. The van der Waals surface area contributed by atoms with E-state index in [4.69, 9.17) is 4.74 Å². The number of carboxylic acids is 1. The lowest BCUT2D eigenvalue weighted by atomic mass is 9.80. The van der Waals surface area contributed by atoms with E-state index >= 15 is 0 Å². The second kappa shape index (κ2) is 7.13. The summed E-state index contributed by atoms with van der Waals surface area (Å²) < 4.78 is 4.73. The molecule has 26 heavy (non-hydrogen) atoms. The van der Waals surface area contributed by atoms with Gasteiger partial charge in [0.1, 0.15) is 0 Å². The Hall–Kier alpha value is -3.56. The van der Waals surface area contributed by atoms with Crippen molar-refractivity contribution >= 4 is 17.6 Å². The van der Waals surface area contributed by atoms with Crippen LogP contribution in [0.4, 0.5) is 5.69 Å². The predicted molar refractivity (Wildman–Crippen MR) is 88.5 cm³/mol. The normalized spacial score (nSPS) is 17.2. The van der Waals surface area contributed by atoms with Crippen molar-refractivity contribution in [2.75, 3.05) is 7.11 Å². The second-order valence-electron chi connectivity index (χ2n) is 5.47. The van der Waals surface area contributed by atoms with Gasteiger partial charge in [0.25, 0.3) is 5.69 Å². The zero-order valence-corrected chi connectivity index (χ0v) is 14.1. The lowest BCUT2D eigenvalue weighted by molar-refractivity contribution is -0.384. The maximum absolute atomic E-state index is 12.3. The number of carbonyl (C=O) groups is 2. The minimum atomic E-state index is -1.39. The zero-order valence-electron chi connectivity index (χ0n) is 14.1. The van der Waals surface area contributed by atoms with E-state index in [0.717, 1.165) is 12.1 Å². The van der Waals surface area contributed by atoms with Gasteiger partial charge in [0.15, 0.2) is 0 Å². The van der Waals surface area contributed by atoms with Gasteiger partial charge in [-0.1, -0.05) is 12.1 Å². The Morgan fingerprint density at radius 2 is 1.88 bits per heavy atom. The quantitative estimate of drug-likeness (QED) is 0.365. The first-order valence-corrected chi connectivity index (χ1v) is 7.35. The van der Waals surface area contributed by atoms with Crippen LogP contribution in [0.15, 0.2) is 52.1 Å². The molecule has 1 atom stereocenters. The van der Waals surface area contributed by atoms with E-state index < -0.39 is 22.8 Å². The Morgan fingerprint density at radius 3 is 2.38 bits per heavy atom. The van der Waals surface area contributed by atoms with Gasteiger partial charge >= 0.3 is 11.9 Å². The summed E-state index contributed by atoms with van der Waals surface area (Å²) in [4.78, 5) is 45.8. The third kappa shape index (κ3) is 3.04. The molecule has 10 heteroatoms. The van der Waals surface area contributed by atoms with E-state index in [2.05, 4.69) is 5.29 Å². The smallest absolute Gasteiger partial charge is 0.336 e. The standard InChI is InChI=1S/C16H15N3O7/c1-8-12(15(20)21)14(10-5-4-6-11(7-10)19(24)25)13(16(22)26-3)9(2)18(8)17-23/h4-7,14H,1-3H3,(H,20,21). The molecule has 1 heterocycles. The molecule has 1 aliphatic heterocycles. The number of esters is 1. The number of rotatable bonds is 5. The average molecular weight is 361 g/mol. The van der Waals surface area contributed by atoms with Gasteiger partial charge in [0, 0.05) is 12.1 Å². The minimum absolute atomic E-state index is 0.00848. The molecule has 10 nitrogen and oxygen atoms in total. The Balaban J connectivity index is 2.82. The molecular weight excluding hydrogens is 346 g/mol. The molecule has 0 aliphatic carbocycles. The summed E-state index contributed by atoms with van der Waals surface area (Å²) in [6.07, 6.45) is 0. The maximum atomic E-state index is 12.3. The summed E-state index contributed by atoms with van der Waals surface area (Å²) in [5.41, 5.74) is -0.379. The van der Waals surface area contributed by atoms with Gasteiger partial charge in [-0.15, -0.1) is 4.91 Å². The third-order valence-corrected chi connectivity index (χ3v) is 4.12. The van der Waals surface area contributed by atoms with Crippen LogP contribution in [0.2, 0.25) is 0 Å². The molecule has 0 radical (unpaired) electrons. The van der Waals surface area contributed by atoms with Crippen molar-refractivity contribution in [1.29, 1.82) is 0 Å². The first kappa shape index (κ1) is 18.8. The number of carboxylic acid groups (broad SMARTS) is 1. The molecule has 0 aromatic heterocycles. The molecule has 0 saturated heterocycles. The Bertz CT molecular complexity index is 872. The Morgan fingerprint density at radius 1 is 1.27 bits per heavy atom. The van der Waals surface area contributed by atoms with Gasteiger partial charge in [0.2, 0.25) is 0 Å². The molecular formula is C16H15N3O7. The highest BCUT2D eigenvalue weighted by Gasteiger charge is 2.40. The van der Waals surface area contributed by atoms with E-state index in [-0.39, 0.29) is 33.8 Å². The molecule has 1 aromatic rings. The van der Waals surface area contributed by atoms with E-state index in [0.29, 0.717) is 0 Å². The fraction of sp³-hybridized carbons (Fsp3) is 0.250. The van der Waals surface area contributed by atoms with Crippen LogP contribution in [0, 0.1) is 15.0 Å². The summed E-state index contributed by atoms with van der Waals surface area (Å²) in [7, 11) is 1.11. The van der Waals surface area contributed by atoms with Crippen LogP contribution < -0.4 is 0 Å².